The Labute approximate surface area is 190 Å². The van der Waals surface area contributed by atoms with Crippen molar-refractivity contribution < 1.29 is 18.0 Å². The molecule has 4 N–H and O–H groups in total. The van der Waals surface area contributed by atoms with Crippen LogP contribution in [0.3, 0.4) is 0 Å². The average Bonchev–Trinajstić information content (AvgIpc) is 2.75. The van der Waals surface area contributed by atoms with Crippen molar-refractivity contribution in [3.8, 4) is 0 Å². The predicted octanol–water partition coefficient (Wildman–Crippen LogP) is 2.12. The van der Waals surface area contributed by atoms with Gasteiger partial charge in [-0.2, -0.15) is 4.72 Å². The van der Waals surface area contributed by atoms with Crippen LogP contribution >= 0.6 is 11.8 Å². The molecule has 0 aromatic heterocycles. The molecule has 0 fully saturated rings. The number of hydrogen-bond acceptors (Lipinski definition) is 6. The standard InChI is InChI=1S/C21H23N5O4S2/c1-14(27)23-16-9-11-17(12-10-16)32(29,30)26-18-19(22)24-21(25-20(18)28)31-13-5-8-15-6-3-2-4-7-15/h2-4,6-7,9-12,18,26H,5,8,13H2,1H3,(H,23,27)(H2,22,24,25,28). The number of sulfonamides is 1. The van der Waals surface area contributed by atoms with Gasteiger partial charge in [-0.15, -0.1) is 0 Å². The molecule has 32 heavy (non-hydrogen) atoms. The Balaban J connectivity index is 1.57. The molecular weight excluding hydrogens is 450 g/mol. The number of aliphatic imine (C=N–C) groups is 1. The molecule has 9 nitrogen and oxygen atoms in total. The number of aryl methyl sites for hydroxylation is 1. The van der Waals surface area contributed by atoms with E-state index < -0.39 is 22.0 Å². The fraction of sp³-hybridized carbons (Fsp3) is 0.238. The Morgan fingerprint density at radius 3 is 2.47 bits per heavy atom. The van der Waals surface area contributed by atoms with Crippen LogP contribution in [0.1, 0.15) is 18.9 Å². The van der Waals surface area contributed by atoms with E-state index in [4.69, 9.17) is 5.41 Å². The normalized spacial score (nSPS) is 16.3. The van der Waals surface area contributed by atoms with Crippen molar-refractivity contribution in [2.45, 2.75) is 30.7 Å². The highest BCUT2D eigenvalue weighted by Gasteiger charge is 2.33. The topological polar surface area (TPSA) is 141 Å². The number of thioether (sulfide) groups is 1. The lowest BCUT2D eigenvalue weighted by Crippen LogP contribution is -2.55. The average molecular weight is 474 g/mol. The van der Waals surface area contributed by atoms with Gasteiger partial charge in [-0.25, -0.2) is 13.4 Å². The molecule has 1 heterocycles. The van der Waals surface area contributed by atoms with E-state index in [0.717, 1.165) is 12.8 Å². The van der Waals surface area contributed by atoms with Crippen LogP contribution < -0.4 is 15.4 Å². The number of rotatable bonds is 8. The molecule has 0 bridgehead atoms. The zero-order valence-electron chi connectivity index (χ0n) is 17.3. The number of benzene rings is 2. The second-order valence-electron chi connectivity index (χ2n) is 6.99. The van der Waals surface area contributed by atoms with Gasteiger partial charge < -0.3 is 10.6 Å². The highest BCUT2D eigenvalue weighted by molar-refractivity contribution is 8.13. The molecular formula is C21H23N5O4S2. The first-order valence-electron chi connectivity index (χ1n) is 9.79. The van der Waals surface area contributed by atoms with E-state index in [1.165, 1.54) is 48.5 Å². The zero-order chi connectivity index (χ0) is 23.1. The first-order chi connectivity index (χ1) is 15.2. The molecule has 2 amide bonds. The Kier molecular flexibility index (Phi) is 7.78. The summed E-state index contributed by atoms with van der Waals surface area (Å²) in [7, 11) is -4.08. The summed E-state index contributed by atoms with van der Waals surface area (Å²) in [5.74, 6) is -0.623. The van der Waals surface area contributed by atoms with E-state index in [-0.39, 0.29) is 21.8 Å². The molecule has 2 aromatic carbocycles. The molecule has 1 atom stereocenters. The van der Waals surface area contributed by atoms with Gasteiger partial charge in [-0.3, -0.25) is 15.0 Å². The molecule has 1 unspecified atom stereocenters. The van der Waals surface area contributed by atoms with Gasteiger partial charge in [-0.1, -0.05) is 42.1 Å². The van der Waals surface area contributed by atoms with Crippen LogP contribution in [0.15, 0.2) is 64.5 Å². The van der Waals surface area contributed by atoms with Crippen LogP contribution in [0.4, 0.5) is 5.69 Å². The molecule has 2 aromatic rings. The lowest BCUT2D eigenvalue weighted by Gasteiger charge is -2.22. The van der Waals surface area contributed by atoms with Gasteiger partial charge in [0.2, 0.25) is 15.9 Å². The van der Waals surface area contributed by atoms with Gasteiger partial charge in [0.25, 0.3) is 5.91 Å². The maximum absolute atomic E-state index is 12.6. The van der Waals surface area contributed by atoms with E-state index in [1.807, 2.05) is 30.3 Å². The summed E-state index contributed by atoms with van der Waals surface area (Å²) in [5, 5.41) is 13.4. The van der Waals surface area contributed by atoms with E-state index >= 15 is 0 Å². The van der Waals surface area contributed by atoms with Crippen LogP contribution in [0.5, 0.6) is 0 Å². The molecule has 0 aliphatic carbocycles. The van der Waals surface area contributed by atoms with Crippen molar-refractivity contribution in [3.05, 3.63) is 60.2 Å². The third kappa shape index (κ3) is 6.49. The van der Waals surface area contributed by atoms with Crippen LogP contribution in [0.25, 0.3) is 0 Å². The Bertz CT molecular complexity index is 1130. The zero-order valence-corrected chi connectivity index (χ0v) is 18.9. The molecule has 0 spiro atoms. The third-order valence-corrected chi connectivity index (χ3v) is 6.84. The van der Waals surface area contributed by atoms with Gasteiger partial charge in [-0.05, 0) is 42.7 Å². The minimum absolute atomic E-state index is 0.0998. The van der Waals surface area contributed by atoms with Crippen LogP contribution in [0.2, 0.25) is 0 Å². The first kappa shape index (κ1) is 23.6. The number of carbonyl (C=O) groups is 2. The van der Waals surface area contributed by atoms with E-state index in [9.17, 15) is 18.0 Å². The maximum Gasteiger partial charge on any atom is 0.251 e. The van der Waals surface area contributed by atoms with Crippen molar-refractivity contribution in [2.75, 3.05) is 11.1 Å². The van der Waals surface area contributed by atoms with Crippen molar-refractivity contribution in [1.82, 2.24) is 10.0 Å². The Hall–Kier alpha value is -3.02. The van der Waals surface area contributed by atoms with Crippen LogP contribution in [-0.2, 0) is 26.0 Å². The molecule has 1 aliphatic rings. The number of hydrogen-bond donors (Lipinski definition) is 4. The smallest absolute Gasteiger partial charge is 0.251 e. The quantitative estimate of drug-likeness (QED) is 0.435. The van der Waals surface area contributed by atoms with Crippen LogP contribution in [-0.4, -0.2) is 43.0 Å². The van der Waals surface area contributed by atoms with Crippen molar-refractivity contribution >= 4 is 50.3 Å². The van der Waals surface area contributed by atoms with E-state index in [2.05, 4.69) is 20.3 Å². The number of nitrogens with one attached hydrogen (secondary N) is 4. The van der Waals surface area contributed by atoms with Gasteiger partial charge >= 0.3 is 0 Å². The number of carbonyl (C=O) groups excluding carboxylic acids is 2. The molecule has 168 valence electrons. The van der Waals surface area contributed by atoms with Crippen molar-refractivity contribution in [1.29, 1.82) is 5.41 Å². The fourth-order valence-electron chi connectivity index (χ4n) is 2.92. The summed E-state index contributed by atoms with van der Waals surface area (Å²) < 4.78 is 27.5. The minimum Gasteiger partial charge on any atom is -0.326 e. The monoisotopic (exact) mass is 473 g/mol. The lowest BCUT2D eigenvalue weighted by molar-refractivity contribution is -0.120. The minimum atomic E-state index is -4.08. The Morgan fingerprint density at radius 2 is 1.84 bits per heavy atom. The summed E-state index contributed by atoms with van der Waals surface area (Å²) in [6.07, 6.45) is 1.75. The van der Waals surface area contributed by atoms with Gasteiger partial charge in [0.1, 0.15) is 0 Å². The molecule has 11 heteroatoms. The van der Waals surface area contributed by atoms with Crippen molar-refractivity contribution in [3.63, 3.8) is 0 Å². The SMILES string of the molecule is CC(=O)Nc1ccc(S(=O)(=O)NC2C(=N)N=C(SCCCc3ccccc3)NC2=O)cc1. The summed E-state index contributed by atoms with van der Waals surface area (Å²) in [6, 6.07) is 14.1. The first-order valence-corrected chi connectivity index (χ1v) is 12.3. The molecule has 0 saturated heterocycles. The predicted molar refractivity (Wildman–Crippen MR) is 125 cm³/mol. The highest BCUT2D eigenvalue weighted by atomic mass is 32.2. The molecule has 0 radical (unpaired) electrons. The molecule has 0 saturated carbocycles. The second kappa shape index (κ2) is 10.5. The van der Waals surface area contributed by atoms with Crippen LogP contribution in [0, 0.1) is 5.41 Å². The summed E-state index contributed by atoms with van der Waals surface area (Å²) in [6.45, 7) is 1.34. The van der Waals surface area contributed by atoms with Gasteiger partial charge in [0, 0.05) is 18.4 Å². The summed E-state index contributed by atoms with van der Waals surface area (Å²) in [5.41, 5.74) is 1.66. The summed E-state index contributed by atoms with van der Waals surface area (Å²) in [4.78, 5) is 27.5. The fourth-order valence-corrected chi connectivity index (χ4v) is 4.89. The summed E-state index contributed by atoms with van der Waals surface area (Å²) >= 11 is 1.31. The third-order valence-electron chi connectivity index (χ3n) is 4.44. The number of anilines is 1. The lowest BCUT2D eigenvalue weighted by atomic mass is 10.1. The second-order valence-corrected chi connectivity index (χ2v) is 9.79. The highest BCUT2D eigenvalue weighted by Crippen LogP contribution is 2.16. The molecule has 3 rings (SSSR count). The van der Waals surface area contributed by atoms with E-state index in [1.54, 1.807) is 0 Å². The van der Waals surface area contributed by atoms with E-state index in [0.29, 0.717) is 11.4 Å². The van der Waals surface area contributed by atoms with Gasteiger partial charge in [0.05, 0.1) is 4.90 Å². The Morgan fingerprint density at radius 1 is 1.16 bits per heavy atom. The largest absolute Gasteiger partial charge is 0.326 e. The maximum atomic E-state index is 12.6. The molecule has 1 aliphatic heterocycles. The number of amides is 2. The number of nitrogens with zero attached hydrogens (tertiary/aromatic N) is 1. The number of amidine groups is 2. The van der Waals surface area contributed by atoms with Crippen molar-refractivity contribution in [2.24, 2.45) is 4.99 Å². The van der Waals surface area contributed by atoms with Gasteiger partial charge in [0.15, 0.2) is 17.0 Å².